The number of methoxy groups -OCH3 is 2. The van der Waals surface area contributed by atoms with E-state index >= 15 is 0 Å². The van der Waals surface area contributed by atoms with E-state index in [9.17, 15) is 33.6 Å². The Morgan fingerprint density at radius 3 is 2.19 bits per heavy atom. The van der Waals surface area contributed by atoms with E-state index in [1.54, 1.807) is 33.0 Å². The Morgan fingerprint density at radius 1 is 0.903 bits per heavy atom. The van der Waals surface area contributed by atoms with Gasteiger partial charge >= 0.3 is 0 Å². The largest absolute Gasteiger partial charge is 0.379 e. The van der Waals surface area contributed by atoms with Gasteiger partial charge in [0.05, 0.1) is 43.2 Å². The van der Waals surface area contributed by atoms with Gasteiger partial charge in [-0.1, -0.05) is 83.4 Å². The zero-order chi connectivity index (χ0) is 45.8. The summed E-state index contributed by atoms with van der Waals surface area (Å²) in [6.45, 7) is 12.5. The molecule has 1 fully saturated rings. The van der Waals surface area contributed by atoms with Gasteiger partial charge in [0.2, 0.25) is 29.5 Å². The Kier molecular flexibility index (Phi) is 21.8. The SMILES string of the molecule is CCCCN(C(=O)CNC(=O)C(C)(C)NC(=O)CCCCCN1C(=O)C=CC1=O)C(C(C)CC)C(CC(=O)N1CCCC1C(OC)C(C)C(=O)NCCC1C=CC=CC=C1)OC. The maximum Gasteiger partial charge on any atom is 0.253 e. The van der Waals surface area contributed by atoms with Crippen molar-refractivity contribution in [3.05, 3.63) is 48.6 Å². The summed E-state index contributed by atoms with van der Waals surface area (Å²) in [6.07, 6.45) is 19.8. The Balaban J connectivity index is 1.61. The standard InChI is InChI=1S/C47H74N6O9/c1-9-11-28-53(42(58)32-49-46(60)47(5,6)50-38(54)23-17-14-18-29-52-39(55)24-25-40(52)56)43(33(3)10-2)37(61-7)31-41(57)51-30-19-22-36(51)44(62-8)34(4)45(59)48-27-26-35-20-15-12-13-16-21-35/h12-13,15-16,20-21,24-25,33-37,43-44H,9-11,14,17-19,22-23,26-32H2,1-8H3,(H,48,59)(H,49,60)(H,50,54). The smallest absolute Gasteiger partial charge is 0.253 e. The van der Waals surface area contributed by atoms with Gasteiger partial charge < -0.3 is 35.2 Å². The molecule has 0 aromatic carbocycles. The third-order valence-corrected chi connectivity index (χ3v) is 12.3. The zero-order valence-electron chi connectivity index (χ0n) is 38.5. The van der Waals surface area contributed by atoms with Gasteiger partial charge in [-0.15, -0.1) is 0 Å². The van der Waals surface area contributed by atoms with E-state index in [0.29, 0.717) is 58.2 Å². The van der Waals surface area contributed by atoms with E-state index in [2.05, 4.69) is 28.1 Å². The molecule has 15 nitrogen and oxygen atoms in total. The molecular weight excluding hydrogens is 793 g/mol. The summed E-state index contributed by atoms with van der Waals surface area (Å²) in [4.78, 5) is 96.2. The molecule has 346 valence electrons. The molecule has 62 heavy (non-hydrogen) atoms. The average Bonchev–Trinajstić information content (AvgIpc) is 3.76. The second-order valence-electron chi connectivity index (χ2n) is 17.3. The van der Waals surface area contributed by atoms with Crippen LogP contribution in [0.2, 0.25) is 0 Å². The number of imide groups is 1. The lowest BCUT2D eigenvalue weighted by Crippen LogP contribution is -2.58. The maximum absolute atomic E-state index is 14.3. The summed E-state index contributed by atoms with van der Waals surface area (Å²) in [5.74, 6) is -2.42. The molecule has 2 aliphatic heterocycles. The first kappa shape index (κ1) is 51.7. The molecule has 0 bridgehead atoms. The van der Waals surface area contributed by atoms with Crippen LogP contribution in [-0.4, -0.2) is 133 Å². The van der Waals surface area contributed by atoms with Crippen molar-refractivity contribution in [2.75, 3.05) is 46.9 Å². The molecule has 3 N–H and O–H groups in total. The lowest BCUT2D eigenvalue weighted by molar-refractivity contribution is -0.147. The highest BCUT2D eigenvalue weighted by Crippen LogP contribution is 2.30. The first-order valence-corrected chi connectivity index (χ1v) is 22.7. The van der Waals surface area contributed by atoms with Crippen LogP contribution in [0.1, 0.15) is 112 Å². The van der Waals surface area contributed by atoms with E-state index in [1.165, 1.54) is 17.1 Å². The topological polar surface area (TPSA) is 184 Å². The van der Waals surface area contributed by atoms with Gasteiger partial charge in [0, 0.05) is 59.0 Å². The quantitative estimate of drug-likeness (QED) is 0.0797. The molecular formula is C47H74N6O9. The number of hydrogen-bond donors (Lipinski definition) is 3. The second-order valence-corrected chi connectivity index (χ2v) is 17.3. The predicted octanol–water partition coefficient (Wildman–Crippen LogP) is 4.38. The molecule has 15 heteroatoms. The van der Waals surface area contributed by atoms with Crippen molar-refractivity contribution >= 4 is 41.4 Å². The number of amides is 7. The Hall–Kier alpha value is -4.63. The van der Waals surface area contributed by atoms with E-state index in [1.807, 2.05) is 56.9 Å². The lowest BCUT2D eigenvalue weighted by atomic mass is 9.89. The van der Waals surface area contributed by atoms with Crippen molar-refractivity contribution in [3.8, 4) is 0 Å². The third kappa shape index (κ3) is 15.3. The zero-order valence-corrected chi connectivity index (χ0v) is 38.5. The van der Waals surface area contributed by atoms with Crippen molar-refractivity contribution in [1.29, 1.82) is 0 Å². The fourth-order valence-electron chi connectivity index (χ4n) is 8.46. The molecule has 1 aliphatic carbocycles. The number of rotatable bonds is 27. The average molecular weight is 867 g/mol. The van der Waals surface area contributed by atoms with E-state index < -0.39 is 35.6 Å². The minimum Gasteiger partial charge on any atom is -0.379 e. The first-order chi connectivity index (χ1) is 29.6. The number of allylic oxidation sites excluding steroid dienone is 6. The van der Waals surface area contributed by atoms with Crippen molar-refractivity contribution < 1.29 is 43.0 Å². The highest BCUT2D eigenvalue weighted by atomic mass is 16.5. The minimum atomic E-state index is -1.31. The van der Waals surface area contributed by atoms with Crippen LogP contribution >= 0.6 is 0 Å². The van der Waals surface area contributed by atoms with Crippen molar-refractivity contribution in [2.24, 2.45) is 17.8 Å². The van der Waals surface area contributed by atoms with Crippen molar-refractivity contribution in [3.63, 3.8) is 0 Å². The monoisotopic (exact) mass is 867 g/mol. The highest BCUT2D eigenvalue weighted by Gasteiger charge is 2.42. The second kappa shape index (κ2) is 26.1. The lowest BCUT2D eigenvalue weighted by Gasteiger charge is -2.41. The van der Waals surface area contributed by atoms with Gasteiger partial charge in [-0.05, 0) is 64.2 Å². The van der Waals surface area contributed by atoms with Crippen LogP contribution in [0.25, 0.3) is 0 Å². The molecule has 7 amide bonds. The van der Waals surface area contributed by atoms with Crippen LogP contribution in [0.5, 0.6) is 0 Å². The van der Waals surface area contributed by atoms with Crippen LogP contribution < -0.4 is 16.0 Å². The van der Waals surface area contributed by atoms with Crippen molar-refractivity contribution in [2.45, 2.75) is 142 Å². The predicted molar refractivity (Wildman–Crippen MR) is 238 cm³/mol. The molecule has 0 saturated carbocycles. The Labute approximate surface area is 369 Å². The van der Waals surface area contributed by atoms with Crippen LogP contribution in [0.3, 0.4) is 0 Å². The summed E-state index contributed by atoms with van der Waals surface area (Å²) in [7, 11) is 3.14. The minimum absolute atomic E-state index is 0.0172. The van der Waals surface area contributed by atoms with Gasteiger partial charge in [-0.25, -0.2) is 0 Å². The summed E-state index contributed by atoms with van der Waals surface area (Å²) in [5, 5.41) is 8.57. The number of likely N-dealkylation sites (tertiary alicyclic amines) is 1. The fourth-order valence-corrected chi connectivity index (χ4v) is 8.46. The molecule has 3 aliphatic rings. The molecule has 0 spiro atoms. The first-order valence-electron chi connectivity index (χ1n) is 22.7. The molecule has 1 saturated heterocycles. The summed E-state index contributed by atoms with van der Waals surface area (Å²) in [6, 6.07) is -0.784. The van der Waals surface area contributed by atoms with Crippen molar-refractivity contribution in [1.82, 2.24) is 30.7 Å². The molecule has 3 rings (SSSR count). The van der Waals surface area contributed by atoms with Crippen LogP contribution in [0, 0.1) is 17.8 Å². The summed E-state index contributed by atoms with van der Waals surface area (Å²) >= 11 is 0. The van der Waals surface area contributed by atoms with Gasteiger partial charge in [0.1, 0.15) is 5.54 Å². The maximum atomic E-state index is 14.3. The van der Waals surface area contributed by atoms with Gasteiger partial charge in [0.25, 0.3) is 11.8 Å². The number of unbranched alkanes of at least 4 members (excludes halogenated alkanes) is 3. The number of nitrogens with one attached hydrogen (secondary N) is 3. The van der Waals surface area contributed by atoms with Crippen LogP contribution in [0.15, 0.2) is 48.6 Å². The molecule has 0 aromatic rings. The summed E-state index contributed by atoms with van der Waals surface area (Å²) < 4.78 is 12.0. The number of hydrogen-bond acceptors (Lipinski definition) is 9. The molecule has 0 radical (unpaired) electrons. The molecule has 2 heterocycles. The Morgan fingerprint density at radius 2 is 1.58 bits per heavy atom. The van der Waals surface area contributed by atoms with E-state index in [-0.39, 0.29) is 79.3 Å². The molecule has 6 unspecified atom stereocenters. The van der Waals surface area contributed by atoms with Gasteiger partial charge in [-0.2, -0.15) is 0 Å². The summed E-state index contributed by atoms with van der Waals surface area (Å²) in [5.41, 5.74) is -1.31. The molecule has 0 aromatic heterocycles. The van der Waals surface area contributed by atoms with E-state index in [4.69, 9.17) is 9.47 Å². The normalized spacial score (nSPS) is 18.9. The highest BCUT2D eigenvalue weighted by molar-refractivity contribution is 6.12. The van der Waals surface area contributed by atoms with E-state index in [0.717, 1.165) is 19.3 Å². The fraction of sp³-hybridized carbons (Fsp3) is 0.681. The Bertz CT molecular complexity index is 1620. The van der Waals surface area contributed by atoms with Crippen LogP contribution in [0.4, 0.5) is 0 Å². The molecule has 6 atom stereocenters. The third-order valence-electron chi connectivity index (χ3n) is 12.3. The van der Waals surface area contributed by atoms with Gasteiger partial charge in [-0.3, -0.25) is 38.5 Å². The number of ether oxygens (including phenoxy) is 2. The number of carbonyl (C=O) groups excluding carboxylic acids is 7. The number of carbonyl (C=O) groups is 7. The number of nitrogens with zero attached hydrogens (tertiary/aromatic N) is 3. The van der Waals surface area contributed by atoms with Crippen LogP contribution in [-0.2, 0) is 43.0 Å². The van der Waals surface area contributed by atoms with Gasteiger partial charge in [0.15, 0.2) is 0 Å².